The molecule has 2 heterocycles. The molecule has 0 atom stereocenters. The van der Waals surface area contributed by atoms with Crippen molar-refractivity contribution >= 4 is 50.8 Å². The van der Waals surface area contributed by atoms with Crippen molar-refractivity contribution < 1.29 is 4.79 Å². The minimum Gasteiger partial charge on any atom is -0.354 e. The average Bonchev–Trinajstić information content (AvgIpc) is 3.17. The van der Waals surface area contributed by atoms with E-state index in [2.05, 4.69) is 46.5 Å². The second-order valence-electron chi connectivity index (χ2n) is 8.36. The second kappa shape index (κ2) is 8.19. The normalized spacial score (nSPS) is 15.6. The van der Waals surface area contributed by atoms with Crippen molar-refractivity contribution in [3.8, 4) is 11.3 Å². The predicted molar refractivity (Wildman–Crippen MR) is 129 cm³/mol. The van der Waals surface area contributed by atoms with E-state index in [4.69, 9.17) is 23.2 Å². The molecule has 3 aromatic carbocycles. The number of aromatic amines is 1. The summed E-state index contributed by atoms with van der Waals surface area (Å²) in [5.74, 6) is 0.00454. The number of benzene rings is 3. The number of rotatable bonds is 3. The van der Waals surface area contributed by atoms with Gasteiger partial charge in [0, 0.05) is 28.2 Å². The zero-order valence-electron chi connectivity index (χ0n) is 17.2. The van der Waals surface area contributed by atoms with E-state index in [-0.39, 0.29) is 11.9 Å². The van der Waals surface area contributed by atoms with E-state index < -0.39 is 0 Å². The summed E-state index contributed by atoms with van der Waals surface area (Å²) in [6.45, 7) is 2.05. The molecular weight excluding hydrogens is 429 g/mol. The van der Waals surface area contributed by atoms with Crippen LogP contribution >= 0.6 is 23.2 Å². The maximum absolute atomic E-state index is 12.7. The molecule has 4 aromatic rings. The van der Waals surface area contributed by atoms with Gasteiger partial charge in [0.2, 0.25) is 0 Å². The number of nitrogens with zero attached hydrogens (tertiary/aromatic N) is 1. The summed E-state index contributed by atoms with van der Waals surface area (Å²) in [5.41, 5.74) is 3.72. The van der Waals surface area contributed by atoms with Crippen molar-refractivity contribution in [3.63, 3.8) is 0 Å². The molecule has 2 N–H and O–H groups in total. The minimum absolute atomic E-state index is 0.00454. The Kier molecular flexibility index (Phi) is 5.39. The largest absolute Gasteiger partial charge is 0.354 e. The van der Waals surface area contributed by atoms with Crippen LogP contribution in [-0.2, 0) is 0 Å². The summed E-state index contributed by atoms with van der Waals surface area (Å²) in [6.07, 6.45) is 2.00. The van der Waals surface area contributed by atoms with Gasteiger partial charge in [-0.1, -0.05) is 41.4 Å². The van der Waals surface area contributed by atoms with Gasteiger partial charge in [-0.3, -0.25) is 4.79 Å². The van der Waals surface area contributed by atoms with E-state index in [1.165, 1.54) is 0 Å². The third kappa shape index (κ3) is 4.16. The van der Waals surface area contributed by atoms with E-state index in [0.717, 1.165) is 58.9 Å². The topological polar surface area (TPSA) is 48.1 Å². The van der Waals surface area contributed by atoms with Gasteiger partial charge in [-0.2, -0.15) is 0 Å². The maximum atomic E-state index is 12.7. The Morgan fingerprint density at radius 2 is 1.65 bits per heavy atom. The number of likely N-dealkylation sites (tertiary alicyclic amines) is 1. The van der Waals surface area contributed by atoms with Crippen molar-refractivity contribution in [2.45, 2.75) is 18.9 Å². The zero-order valence-corrected chi connectivity index (χ0v) is 18.7. The number of nitrogens with one attached hydrogen (secondary N) is 2. The third-order valence-corrected chi connectivity index (χ3v) is 6.85. The quantitative estimate of drug-likeness (QED) is 0.394. The summed E-state index contributed by atoms with van der Waals surface area (Å²) in [7, 11) is 2.12. The summed E-state index contributed by atoms with van der Waals surface area (Å²) >= 11 is 12.3. The summed E-state index contributed by atoms with van der Waals surface area (Å²) in [4.78, 5) is 18.4. The lowest BCUT2D eigenvalue weighted by molar-refractivity contribution is 0.0917. The van der Waals surface area contributed by atoms with Crippen molar-refractivity contribution in [3.05, 3.63) is 70.2 Å². The highest BCUT2D eigenvalue weighted by atomic mass is 35.5. The fraction of sp³-hybridized carbons (Fsp3) is 0.240. The summed E-state index contributed by atoms with van der Waals surface area (Å²) in [6, 6.07) is 18.2. The molecule has 0 unspecified atom stereocenters. The van der Waals surface area contributed by atoms with Crippen LogP contribution in [0.1, 0.15) is 23.2 Å². The van der Waals surface area contributed by atoms with E-state index in [1.54, 1.807) is 0 Å². The fourth-order valence-electron chi connectivity index (χ4n) is 4.26. The molecule has 158 valence electrons. The molecule has 5 rings (SSSR count). The highest BCUT2D eigenvalue weighted by Crippen LogP contribution is 2.32. The molecule has 1 saturated heterocycles. The molecule has 1 fully saturated rings. The van der Waals surface area contributed by atoms with Gasteiger partial charge in [0.25, 0.3) is 5.91 Å². The van der Waals surface area contributed by atoms with Crippen LogP contribution in [-0.4, -0.2) is 42.0 Å². The molecule has 1 aliphatic heterocycles. The number of fused-ring (bicyclic) bond motifs is 2. The molecule has 0 bridgehead atoms. The molecule has 0 spiro atoms. The molecule has 31 heavy (non-hydrogen) atoms. The number of hydrogen-bond donors (Lipinski definition) is 2. The lowest BCUT2D eigenvalue weighted by Crippen LogP contribution is -2.43. The monoisotopic (exact) mass is 451 g/mol. The molecule has 0 radical (unpaired) electrons. The van der Waals surface area contributed by atoms with Gasteiger partial charge in [0.1, 0.15) is 0 Å². The van der Waals surface area contributed by atoms with Gasteiger partial charge in [-0.25, -0.2) is 0 Å². The molecule has 1 aliphatic rings. The van der Waals surface area contributed by atoms with Crippen LogP contribution in [0.2, 0.25) is 10.0 Å². The predicted octanol–water partition coefficient (Wildman–Crippen LogP) is 6.12. The maximum Gasteiger partial charge on any atom is 0.251 e. The van der Waals surface area contributed by atoms with Gasteiger partial charge in [0.15, 0.2) is 0 Å². The van der Waals surface area contributed by atoms with Gasteiger partial charge < -0.3 is 15.2 Å². The smallest absolute Gasteiger partial charge is 0.251 e. The van der Waals surface area contributed by atoms with Crippen LogP contribution in [0.5, 0.6) is 0 Å². The van der Waals surface area contributed by atoms with Crippen molar-refractivity contribution in [1.29, 1.82) is 0 Å². The number of hydrogen-bond acceptors (Lipinski definition) is 2. The molecule has 0 aliphatic carbocycles. The van der Waals surface area contributed by atoms with E-state index in [0.29, 0.717) is 15.6 Å². The molecular formula is C25H23Cl2N3O. The minimum atomic E-state index is 0.00454. The number of H-pyrrole nitrogens is 1. The van der Waals surface area contributed by atoms with Crippen LogP contribution < -0.4 is 5.32 Å². The van der Waals surface area contributed by atoms with Crippen LogP contribution in [0, 0.1) is 0 Å². The standard InChI is InChI=1S/C25H23Cl2N3O/c1-30-8-6-20(7-9-30)28-25(31)18-5-3-15-10-17(4-2-16(15)11-18)23-13-19-12-21(26)22(27)14-24(19)29-23/h2-5,10-14,20,29H,6-9H2,1H3,(H,28,31). The van der Waals surface area contributed by atoms with Crippen LogP contribution in [0.3, 0.4) is 0 Å². The van der Waals surface area contributed by atoms with Crippen molar-refractivity contribution in [1.82, 2.24) is 15.2 Å². The van der Waals surface area contributed by atoms with Crippen molar-refractivity contribution in [2.24, 2.45) is 0 Å². The highest BCUT2D eigenvalue weighted by molar-refractivity contribution is 6.42. The molecule has 6 heteroatoms. The first kappa shape index (κ1) is 20.4. The first-order valence-electron chi connectivity index (χ1n) is 10.5. The van der Waals surface area contributed by atoms with Gasteiger partial charge >= 0.3 is 0 Å². The molecule has 4 nitrogen and oxygen atoms in total. The number of carbonyl (C=O) groups excluding carboxylic acids is 1. The molecule has 0 saturated carbocycles. The Morgan fingerprint density at radius 3 is 2.45 bits per heavy atom. The summed E-state index contributed by atoms with van der Waals surface area (Å²) in [5, 5.41) is 7.42. The van der Waals surface area contributed by atoms with Gasteiger partial charge in [0.05, 0.1) is 10.0 Å². The van der Waals surface area contributed by atoms with Gasteiger partial charge in [-0.15, -0.1) is 0 Å². The van der Waals surface area contributed by atoms with E-state index in [9.17, 15) is 4.79 Å². The zero-order chi connectivity index (χ0) is 21.5. The average molecular weight is 452 g/mol. The van der Waals surface area contributed by atoms with Crippen LogP contribution in [0.4, 0.5) is 0 Å². The molecule has 1 aromatic heterocycles. The Balaban J connectivity index is 1.39. The Hall–Kier alpha value is -2.53. The summed E-state index contributed by atoms with van der Waals surface area (Å²) < 4.78 is 0. The van der Waals surface area contributed by atoms with Crippen LogP contribution in [0.25, 0.3) is 32.9 Å². The van der Waals surface area contributed by atoms with E-state index >= 15 is 0 Å². The number of piperidine rings is 1. The Labute approximate surface area is 191 Å². The highest BCUT2D eigenvalue weighted by Gasteiger charge is 2.19. The van der Waals surface area contributed by atoms with E-state index in [1.807, 2.05) is 30.3 Å². The first-order chi connectivity index (χ1) is 15.0. The number of halogens is 2. The van der Waals surface area contributed by atoms with Crippen molar-refractivity contribution in [2.75, 3.05) is 20.1 Å². The van der Waals surface area contributed by atoms with Crippen LogP contribution in [0.15, 0.2) is 54.6 Å². The lowest BCUT2D eigenvalue weighted by atomic mass is 10.0. The Morgan fingerprint density at radius 1 is 0.935 bits per heavy atom. The second-order valence-corrected chi connectivity index (χ2v) is 9.18. The third-order valence-electron chi connectivity index (χ3n) is 6.13. The fourth-order valence-corrected chi connectivity index (χ4v) is 4.59. The number of aromatic nitrogens is 1. The van der Waals surface area contributed by atoms with Gasteiger partial charge in [-0.05, 0) is 85.7 Å². The number of carbonyl (C=O) groups is 1. The number of amides is 1. The SMILES string of the molecule is CN1CCC(NC(=O)c2ccc3cc(-c4cc5cc(Cl)c(Cl)cc5[nH]4)ccc3c2)CC1. The Bertz CT molecular complexity index is 1250. The lowest BCUT2D eigenvalue weighted by Gasteiger charge is -2.29. The first-order valence-corrected chi connectivity index (χ1v) is 11.2. The molecule has 1 amide bonds.